The van der Waals surface area contributed by atoms with Gasteiger partial charge in [-0.25, -0.2) is 4.98 Å². The average molecular weight is 345 g/mol. The molecular weight excluding hydrogens is 314 g/mol. The van der Waals surface area contributed by atoms with E-state index in [1.54, 1.807) is 6.33 Å². The Kier molecular flexibility index (Phi) is 4.58. The molecule has 138 valence electrons. The van der Waals surface area contributed by atoms with Crippen molar-refractivity contribution in [3.05, 3.63) is 17.7 Å². The molecule has 3 fully saturated rings. The standard InChI is InChI=1S/C19H31N5O/c1-15-17(21-14-20-15)12-23-9-6-19(7-10-23)5-3-18(25)24(13-19)16-4-8-22(2)11-16/h14,16H,3-13H2,1-2H3,(H,20,21). The fraction of sp³-hybridized carbons (Fsp3) is 0.789. The predicted molar refractivity (Wildman–Crippen MR) is 97.1 cm³/mol. The molecule has 1 atom stereocenters. The molecule has 3 aliphatic rings. The van der Waals surface area contributed by atoms with E-state index in [9.17, 15) is 4.79 Å². The zero-order valence-corrected chi connectivity index (χ0v) is 15.6. The van der Waals surface area contributed by atoms with E-state index in [0.717, 1.165) is 58.5 Å². The van der Waals surface area contributed by atoms with Crippen LogP contribution in [0.5, 0.6) is 0 Å². The molecule has 3 aliphatic heterocycles. The van der Waals surface area contributed by atoms with Crippen LogP contribution in [0, 0.1) is 12.3 Å². The maximum atomic E-state index is 12.5. The van der Waals surface area contributed by atoms with Crippen LogP contribution in [0.4, 0.5) is 0 Å². The van der Waals surface area contributed by atoms with Crippen molar-refractivity contribution in [2.45, 2.75) is 51.6 Å². The molecule has 1 amide bonds. The molecular formula is C19H31N5O. The smallest absolute Gasteiger partial charge is 0.222 e. The zero-order chi connectivity index (χ0) is 17.4. The summed E-state index contributed by atoms with van der Waals surface area (Å²) in [5.41, 5.74) is 2.71. The van der Waals surface area contributed by atoms with Crippen LogP contribution < -0.4 is 0 Å². The van der Waals surface area contributed by atoms with Crippen LogP contribution in [0.2, 0.25) is 0 Å². The Hall–Kier alpha value is -1.40. The number of rotatable bonds is 3. The maximum Gasteiger partial charge on any atom is 0.222 e. The number of aromatic nitrogens is 2. The minimum absolute atomic E-state index is 0.353. The number of hydrogen-bond donors (Lipinski definition) is 1. The topological polar surface area (TPSA) is 55.5 Å². The minimum Gasteiger partial charge on any atom is -0.348 e. The fourth-order valence-electron chi connectivity index (χ4n) is 4.90. The van der Waals surface area contributed by atoms with Gasteiger partial charge in [-0.1, -0.05) is 0 Å². The van der Waals surface area contributed by atoms with Gasteiger partial charge < -0.3 is 14.8 Å². The van der Waals surface area contributed by atoms with Crippen molar-refractivity contribution in [3.8, 4) is 0 Å². The summed E-state index contributed by atoms with van der Waals surface area (Å²) in [5, 5.41) is 0. The van der Waals surface area contributed by atoms with E-state index in [2.05, 4.69) is 38.6 Å². The van der Waals surface area contributed by atoms with Crippen molar-refractivity contribution in [1.82, 2.24) is 24.7 Å². The summed E-state index contributed by atoms with van der Waals surface area (Å²) < 4.78 is 0. The first-order valence-electron chi connectivity index (χ1n) is 9.74. The lowest BCUT2D eigenvalue weighted by atomic mass is 9.72. The Balaban J connectivity index is 1.37. The van der Waals surface area contributed by atoms with E-state index in [1.807, 2.05) is 0 Å². The van der Waals surface area contributed by atoms with Crippen LogP contribution in [0.1, 0.15) is 43.5 Å². The van der Waals surface area contributed by atoms with Gasteiger partial charge in [0.2, 0.25) is 5.91 Å². The molecule has 1 spiro atoms. The molecule has 0 radical (unpaired) electrons. The molecule has 6 nitrogen and oxygen atoms in total. The second-order valence-electron chi connectivity index (χ2n) is 8.48. The van der Waals surface area contributed by atoms with Crippen LogP contribution in [0.25, 0.3) is 0 Å². The molecule has 0 bridgehead atoms. The second-order valence-corrected chi connectivity index (χ2v) is 8.48. The SMILES string of the molecule is Cc1[nH]cnc1CN1CCC2(CCC(=O)N(C3CCN(C)C3)C2)CC1. The second kappa shape index (κ2) is 6.72. The zero-order valence-electron chi connectivity index (χ0n) is 15.6. The molecule has 4 heterocycles. The summed E-state index contributed by atoms with van der Waals surface area (Å²) in [4.78, 5) is 27.2. The van der Waals surface area contributed by atoms with Crippen molar-refractivity contribution in [3.63, 3.8) is 0 Å². The Bertz CT molecular complexity index is 619. The van der Waals surface area contributed by atoms with Crippen molar-refractivity contribution < 1.29 is 4.79 Å². The number of amides is 1. The molecule has 1 N–H and O–H groups in total. The van der Waals surface area contributed by atoms with Crippen LogP contribution >= 0.6 is 0 Å². The molecule has 0 aromatic carbocycles. The van der Waals surface area contributed by atoms with Gasteiger partial charge in [0, 0.05) is 37.8 Å². The molecule has 0 saturated carbocycles. The van der Waals surface area contributed by atoms with Gasteiger partial charge in [0.1, 0.15) is 0 Å². The van der Waals surface area contributed by atoms with E-state index in [1.165, 1.54) is 24.2 Å². The van der Waals surface area contributed by atoms with Crippen LogP contribution in [-0.2, 0) is 11.3 Å². The molecule has 3 saturated heterocycles. The van der Waals surface area contributed by atoms with Gasteiger partial charge in [0.25, 0.3) is 0 Å². The number of carbonyl (C=O) groups is 1. The maximum absolute atomic E-state index is 12.5. The van der Waals surface area contributed by atoms with E-state index in [4.69, 9.17) is 0 Å². The quantitative estimate of drug-likeness (QED) is 0.905. The van der Waals surface area contributed by atoms with Gasteiger partial charge in [-0.15, -0.1) is 0 Å². The van der Waals surface area contributed by atoms with E-state index >= 15 is 0 Å². The summed E-state index contributed by atoms with van der Waals surface area (Å²) in [6.07, 6.45) is 7.19. The van der Waals surface area contributed by atoms with E-state index < -0.39 is 0 Å². The molecule has 0 aliphatic carbocycles. The highest BCUT2D eigenvalue weighted by atomic mass is 16.2. The van der Waals surface area contributed by atoms with Gasteiger partial charge in [0.15, 0.2) is 0 Å². The number of likely N-dealkylation sites (N-methyl/N-ethyl adjacent to an activating group) is 1. The molecule has 1 unspecified atom stereocenters. The predicted octanol–water partition coefficient (Wildman–Crippen LogP) is 1.63. The highest BCUT2D eigenvalue weighted by molar-refractivity contribution is 5.77. The Labute approximate surface area is 150 Å². The number of likely N-dealkylation sites (tertiary alicyclic amines) is 3. The van der Waals surface area contributed by atoms with Crippen molar-refractivity contribution in [2.24, 2.45) is 5.41 Å². The van der Waals surface area contributed by atoms with E-state index in [-0.39, 0.29) is 0 Å². The minimum atomic E-state index is 0.353. The van der Waals surface area contributed by atoms with Crippen LogP contribution in [0.15, 0.2) is 6.33 Å². The normalized spacial score (nSPS) is 28.2. The number of piperidine rings is 2. The Morgan fingerprint density at radius 3 is 2.72 bits per heavy atom. The first-order chi connectivity index (χ1) is 12.0. The van der Waals surface area contributed by atoms with Crippen molar-refractivity contribution in [1.29, 1.82) is 0 Å². The fourth-order valence-corrected chi connectivity index (χ4v) is 4.90. The lowest BCUT2D eigenvalue weighted by Gasteiger charge is -2.49. The summed E-state index contributed by atoms with van der Waals surface area (Å²) >= 11 is 0. The number of aryl methyl sites for hydroxylation is 1. The van der Waals surface area contributed by atoms with Gasteiger partial charge in [-0.2, -0.15) is 0 Å². The number of hydrogen-bond acceptors (Lipinski definition) is 4. The summed E-state index contributed by atoms with van der Waals surface area (Å²) in [7, 11) is 2.17. The first-order valence-corrected chi connectivity index (χ1v) is 9.74. The number of carbonyl (C=O) groups excluding carboxylic acids is 1. The highest BCUT2D eigenvalue weighted by Crippen LogP contribution is 2.41. The number of imidazole rings is 1. The number of nitrogens with zero attached hydrogens (tertiary/aromatic N) is 4. The molecule has 25 heavy (non-hydrogen) atoms. The Morgan fingerprint density at radius 2 is 2.08 bits per heavy atom. The first kappa shape index (κ1) is 17.0. The summed E-state index contributed by atoms with van der Waals surface area (Å²) in [5.74, 6) is 0.389. The number of aromatic amines is 1. The molecule has 6 heteroatoms. The molecule has 4 rings (SSSR count). The van der Waals surface area contributed by atoms with E-state index in [0.29, 0.717) is 17.4 Å². The van der Waals surface area contributed by atoms with Crippen LogP contribution in [0.3, 0.4) is 0 Å². The summed E-state index contributed by atoms with van der Waals surface area (Å²) in [6, 6.07) is 0.444. The third-order valence-electron chi connectivity index (χ3n) is 6.73. The van der Waals surface area contributed by atoms with Crippen LogP contribution in [-0.4, -0.2) is 76.4 Å². The Morgan fingerprint density at radius 1 is 1.28 bits per heavy atom. The third-order valence-corrected chi connectivity index (χ3v) is 6.73. The number of H-pyrrole nitrogens is 1. The van der Waals surface area contributed by atoms with Gasteiger partial charge in [-0.05, 0) is 64.7 Å². The van der Waals surface area contributed by atoms with Crippen molar-refractivity contribution in [2.75, 3.05) is 39.8 Å². The monoisotopic (exact) mass is 345 g/mol. The number of nitrogens with one attached hydrogen (secondary N) is 1. The molecule has 1 aromatic heterocycles. The van der Waals surface area contributed by atoms with Gasteiger partial charge >= 0.3 is 0 Å². The lowest BCUT2D eigenvalue weighted by molar-refractivity contribution is -0.142. The third kappa shape index (κ3) is 3.47. The lowest BCUT2D eigenvalue weighted by Crippen LogP contribution is -2.54. The van der Waals surface area contributed by atoms with Gasteiger partial charge in [0.05, 0.1) is 12.0 Å². The van der Waals surface area contributed by atoms with Crippen molar-refractivity contribution >= 4 is 5.91 Å². The highest BCUT2D eigenvalue weighted by Gasteiger charge is 2.43. The summed E-state index contributed by atoms with van der Waals surface area (Å²) in [6.45, 7) is 8.44. The van der Waals surface area contributed by atoms with Gasteiger partial charge in [-0.3, -0.25) is 9.69 Å². The molecule has 1 aromatic rings. The largest absolute Gasteiger partial charge is 0.348 e. The average Bonchev–Trinajstić information content (AvgIpc) is 3.21.